The number of primary amides is 1. The number of nitrogens with one attached hydrogen (secondary N) is 2. The van der Waals surface area contributed by atoms with Gasteiger partial charge in [-0.1, -0.05) is 0 Å². The van der Waals surface area contributed by atoms with E-state index in [0.717, 1.165) is 0 Å². The first kappa shape index (κ1) is 10.4. The summed E-state index contributed by atoms with van der Waals surface area (Å²) in [5.41, 5.74) is 5.41. The lowest BCUT2D eigenvalue weighted by Crippen LogP contribution is -2.37. The van der Waals surface area contributed by atoms with Gasteiger partial charge in [-0.05, 0) is 36.5 Å². The Balaban J connectivity index is 2.56. The molecule has 1 aromatic rings. The summed E-state index contributed by atoms with van der Waals surface area (Å²) in [5.74, 6) is -0.343. The molecule has 0 saturated carbocycles. The van der Waals surface area contributed by atoms with E-state index >= 15 is 0 Å². The molecule has 0 bridgehead atoms. The molecule has 0 aliphatic rings. The third-order valence-corrected chi connectivity index (χ3v) is 1.54. The maximum absolute atomic E-state index is 12.5. The van der Waals surface area contributed by atoms with E-state index in [1.807, 2.05) is 0 Å². The molecule has 0 heterocycles. The molecule has 0 spiro atoms. The number of benzene rings is 1. The fourth-order valence-electron chi connectivity index (χ4n) is 0.807. The van der Waals surface area contributed by atoms with E-state index in [9.17, 15) is 9.18 Å². The zero-order valence-corrected chi connectivity index (χ0v) is 7.90. The van der Waals surface area contributed by atoms with Crippen molar-refractivity contribution >= 4 is 29.0 Å². The molecule has 1 aromatic carbocycles. The normalized spacial score (nSPS) is 9.21. The lowest BCUT2D eigenvalue weighted by Gasteiger charge is -2.06. The Kier molecular flexibility index (Phi) is 3.35. The molecular weight excluding hydrogens is 205 g/mol. The molecule has 0 aliphatic heterocycles. The molecule has 4 nitrogen and oxygen atoms in total. The molecule has 0 aliphatic carbocycles. The van der Waals surface area contributed by atoms with Crippen LogP contribution in [0.1, 0.15) is 0 Å². The fraction of sp³-hybridized carbons (Fsp3) is 0. The van der Waals surface area contributed by atoms with Gasteiger partial charge in [0.1, 0.15) is 5.82 Å². The average Bonchev–Trinajstić information content (AvgIpc) is 2.07. The molecule has 0 atom stereocenters. The van der Waals surface area contributed by atoms with Gasteiger partial charge in [0.25, 0.3) is 0 Å². The van der Waals surface area contributed by atoms with E-state index in [0.29, 0.717) is 5.69 Å². The fourth-order valence-corrected chi connectivity index (χ4v) is 1.03. The largest absolute Gasteiger partial charge is 0.351 e. The van der Waals surface area contributed by atoms with Gasteiger partial charge in [-0.2, -0.15) is 0 Å². The van der Waals surface area contributed by atoms with Crippen molar-refractivity contribution in [3.8, 4) is 0 Å². The highest BCUT2D eigenvalue weighted by Crippen LogP contribution is 2.07. The van der Waals surface area contributed by atoms with Crippen LogP contribution in [0, 0.1) is 5.82 Å². The van der Waals surface area contributed by atoms with Crippen LogP contribution in [0.15, 0.2) is 24.3 Å². The second-order valence-corrected chi connectivity index (χ2v) is 2.86. The zero-order chi connectivity index (χ0) is 10.6. The molecule has 14 heavy (non-hydrogen) atoms. The Hall–Kier alpha value is -1.69. The number of urea groups is 1. The van der Waals surface area contributed by atoms with Gasteiger partial charge in [-0.15, -0.1) is 0 Å². The van der Waals surface area contributed by atoms with Gasteiger partial charge >= 0.3 is 6.03 Å². The number of carbonyl (C=O) groups is 1. The monoisotopic (exact) mass is 213 g/mol. The minimum absolute atomic E-state index is 0.0732. The first-order valence-electron chi connectivity index (χ1n) is 3.71. The summed E-state index contributed by atoms with van der Waals surface area (Å²) >= 11 is 4.73. The number of nitrogens with two attached hydrogens (primary N) is 1. The van der Waals surface area contributed by atoms with Crippen molar-refractivity contribution in [1.82, 2.24) is 5.32 Å². The van der Waals surface area contributed by atoms with E-state index in [1.165, 1.54) is 24.3 Å². The van der Waals surface area contributed by atoms with E-state index in [2.05, 4.69) is 10.6 Å². The van der Waals surface area contributed by atoms with E-state index in [1.54, 1.807) is 0 Å². The number of hydrogen-bond donors (Lipinski definition) is 3. The molecule has 0 saturated heterocycles. The first-order chi connectivity index (χ1) is 6.58. The van der Waals surface area contributed by atoms with Gasteiger partial charge in [-0.25, -0.2) is 9.18 Å². The van der Waals surface area contributed by atoms with Crippen LogP contribution in [-0.2, 0) is 0 Å². The zero-order valence-electron chi connectivity index (χ0n) is 7.08. The summed E-state index contributed by atoms with van der Waals surface area (Å²) in [7, 11) is 0. The standard InChI is InChI=1S/C8H8FN3OS/c9-5-1-3-6(4-2-5)11-8(14)12-7(10)13/h1-4H,(H4,10,11,12,13,14). The van der Waals surface area contributed by atoms with Crippen molar-refractivity contribution in [3.63, 3.8) is 0 Å². The molecule has 2 amide bonds. The number of carbonyl (C=O) groups excluding carboxylic acids is 1. The lowest BCUT2D eigenvalue weighted by atomic mass is 10.3. The topological polar surface area (TPSA) is 67.2 Å². The highest BCUT2D eigenvalue weighted by Gasteiger charge is 1.99. The van der Waals surface area contributed by atoms with Crippen molar-refractivity contribution in [2.75, 3.05) is 5.32 Å². The molecule has 4 N–H and O–H groups in total. The van der Waals surface area contributed by atoms with E-state index in [-0.39, 0.29) is 10.9 Å². The number of rotatable bonds is 1. The quantitative estimate of drug-likeness (QED) is 0.614. The summed E-state index contributed by atoms with van der Waals surface area (Å²) in [5, 5.41) is 4.90. The number of hydrogen-bond acceptors (Lipinski definition) is 2. The van der Waals surface area contributed by atoms with Crippen LogP contribution in [0.5, 0.6) is 0 Å². The van der Waals surface area contributed by atoms with Gasteiger partial charge < -0.3 is 11.1 Å². The summed E-state index contributed by atoms with van der Waals surface area (Å²) in [6.07, 6.45) is 0. The van der Waals surface area contributed by atoms with Crippen molar-refractivity contribution in [2.24, 2.45) is 5.73 Å². The molecule has 0 fully saturated rings. The molecule has 0 radical (unpaired) electrons. The molecule has 74 valence electrons. The van der Waals surface area contributed by atoms with E-state index < -0.39 is 6.03 Å². The Labute approximate surface area is 85.3 Å². The SMILES string of the molecule is NC(=O)NC(=S)Nc1ccc(F)cc1. The van der Waals surface area contributed by atoms with Crippen molar-refractivity contribution < 1.29 is 9.18 Å². The maximum atomic E-state index is 12.5. The Morgan fingerprint density at radius 1 is 1.36 bits per heavy atom. The Bertz CT molecular complexity index is 352. The Morgan fingerprint density at radius 3 is 2.43 bits per heavy atom. The molecule has 1 rings (SSSR count). The highest BCUT2D eigenvalue weighted by atomic mass is 32.1. The number of thiocarbonyl (C=S) groups is 1. The highest BCUT2D eigenvalue weighted by molar-refractivity contribution is 7.80. The van der Waals surface area contributed by atoms with Gasteiger partial charge in [-0.3, -0.25) is 5.32 Å². The maximum Gasteiger partial charge on any atom is 0.318 e. The average molecular weight is 213 g/mol. The second-order valence-electron chi connectivity index (χ2n) is 2.45. The van der Waals surface area contributed by atoms with Crippen molar-refractivity contribution in [2.45, 2.75) is 0 Å². The number of amides is 2. The number of anilines is 1. The van der Waals surface area contributed by atoms with Crippen LogP contribution in [0.4, 0.5) is 14.9 Å². The molecule has 6 heteroatoms. The van der Waals surface area contributed by atoms with Crippen molar-refractivity contribution in [3.05, 3.63) is 30.1 Å². The third-order valence-electron chi connectivity index (χ3n) is 1.34. The van der Waals surface area contributed by atoms with E-state index in [4.69, 9.17) is 18.0 Å². The summed E-state index contributed by atoms with van der Waals surface area (Å²) in [6.45, 7) is 0. The van der Waals surface area contributed by atoms with Crippen LogP contribution in [0.25, 0.3) is 0 Å². The predicted octanol–water partition coefficient (Wildman–Crippen LogP) is 1.19. The third kappa shape index (κ3) is 3.36. The van der Waals surface area contributed by atoms with Crippen LogP contribution in [0.3, 0.4) is 0 Å². The van der Waals surface area contributed by atoms with Crippen LogP contribution in [-0.4, -0.2) is 11.1 Å². The molecular formula is C8H8FN3OS. The summed E-state index contributed by atoms with van der Waals surface area (Å²) < 4.78 is 12.5. The summed E-state index contributed by atoms with van der Waals surface area (Å²) in [6, 6.07) is 4.78. The predicted molar refractivity (Wildman–Crippen MR) is 55.3 cm³/mol. The minimum atomic E-state index is -0.746. The number of halogens is 1. The van der Waals surface area contributed by atoms with Gasteiger partial charge in [0.05, 0.1) is 0 Å². The van der Waals surface area contributed by atoms with Crippen molar-refractivity contribution in [1.29, 1.82) is 0 Å². The van der Waals surface area contributed by atoms with Gasteiger partial charge in [0.15, 0.2) is 5.11 Å². The Morgan fingerprint density at radius 2 is 1.93 bits per heavy atom. The lowest BCUT2D eigenvalue weighted by molar-refractivity contribution is 0.253. The van der Waals surface area contributed by atoms with Crippen LogP contribution >= 0.6 is 12.2 Å². The summed E-state index contributed by atoms with van der Waals surface area (Å²) in [4.78, 5) is 10.4. The smallest absolute Gasteiger partial charge is 0.318 e. The van der Waals surface area contributed by atoms with Gasteiger partial charge in [0, 0.05) is 5.69 Å². The minimum Gasteiger partial charge on any atom is -0.351 e. The van der Waals surface area contributed by atoms with Crippen LogP contribution in [0.2, 0.25) is 0 Å². The van der Waals surface area contributed by atoms with Gasteiger partial charge in [0.2, 0.25) is 0 Å². The molecule has 0 unspecified atom stereocenters. The molecule has 0 aromatic heterocycles. The second kappa shape index (κ2) is 4.52. The van der Waals surface area contributed by atoms with Crippen LogP contribution < -0.4 is 16.4 Å². The first-order valence-corrected chi connectivity index (χ1v) is 4.12.